The van der Waals surface area contributed by atoms with E-state index >= 15 is 0 Å². The largest absolute Gasteiger partial charge is 0.494 e. The van der Waals surface area contributed by atoms with Gasteiger partial charge in [-0.15, -0.1) is 0 Å². The number of azide groups is 1. The van der Waals surface area contributed by atoms with Gasteiger partial charge in [0.05, 0.1) is 13.2 Å². The van der Waals surface area contributed by atoms with E-state index in [0.29, 0.717) is 30.2 Å². The fourth-order valence-corrected chi connectivity index (χ4v) is 4.98. The van der Waals surface area contributed by atoms with Gasteiger partial charge in [0.2, 0.25) is 5.90 Å². The molecule has 2 aliphatic rings. The van der Waals surface area contributed by atoms with Gasteiger partial charge in [0, 0.05) is 40.4 Å². The van der Waals surface area contributed by atoms with Crippen LogP contribution in [-0.2, 0) is 22.5 Å². The number of aliphatic imine (C=N–C) groups is 1. The summed E-state index contributed by atoms with van der Waals surface area (Å²) in [5.41, 5.74) is 16.8. The molecule has 1 aliphatic carbocycles. The van der Waals surface area contributed by atoms with Gasteiger partial charge in [0.1, 0.15) is 5.75 Å². The third-order valence-corrected chi connectivity index (χ3v) is 7.55. The highest BCUT2D eigenvalue weighted by Crippen LogP contribution is 2.44. The zero-order valence-corrected chi connectivity index (χ0v) is 24.0. The number of aliphatic hydroxyl groups excluding tert-OH is 1. The Hall–Kier alpha value is -3.89. The summed E-state index contributed by atoms with van der Waals surface area (Å²) in [6, 6.07) is 22.8. The van der Waals surface area contributed by atoms with Gasteiger partial charge in [-0.2, -0.15) is 0 Å². The minimum absolute atomic E-state index is 0.0589. The van der Waals surface area contributed by atoms with Gasteiger partial charge in [-0.3, -0.25) is 10.2 Å². The van der Waals surface area contributed by atoms with Crippen LogP contribution in [0.1, 0.15) is 47.6 Å². The van der Waals surface area contributed by atoms with Crippen LogP contribution in [-0.4, -0.2) is 41.7 Å². The predicted molar refractivity (Wildman–Crippen MR) is 158 cm³/mol. The van der Waals surface area contributed by atoms with Gasteiger partial charge in [0.25, 0.3) is 5.91 Å². The number of halogens is 1. The Morgan fingerprint density at radius 3 is 2.61 bits per heavy atom. The van der Waals surface area contributed by atoms with E-state index in [0.717, 1.165) is 34.0 Å². The first-order chi connectivity index (χ1) is 20.0. The summed E-state index contributed by atoms with van der Waals surface area (Å²) in [6.45, 7) is 0.573. The standard InChI is InChI=1S/C30H31BrN6O4/c31-23-10-6-20(7-11-23)18-30(29(39)36-35-24-12-13-24)27(26-5-2-1-4-22(26)19-33-37-32)41-28(34-30)21-8-14-25(15-9-21)40-17-3-16-38/h1-2,4-11,14-15,24,27,35,38H,3,12-13,16-19H2,(H,36,39)/t27-,30-/m0/s1. The molecule has 0 aromatic heterocycles. The lowest BCUT2D eigenvalue weighted by Gasteiger charge is -2.32. The fourth-order valence-electron chi connectivity index (χ4n) is 4.72. The molecule has 3 aromatic rings. The summed E-state index contributed by atoms with van der Waals surface area (Å²) < 4.78 is 13.2. The molecule has 1 heterocycles. The molecule has 2 atom stereocenters. The van der Waals surface area contributed by atoms with E-state index in [1.807, 2.05) is 72.8 Å². The quantitative estimate of drug-likeness (QED) is 0.0783. The fraction of sp³-hybridized carbons (Fsp3) is 0.333. The van der Waals surface area contributed by atoms with Gasteiger partial charge in [-0.05, 0) is 71.5 Å². The molecule has 0 radical (unpaired) electrons. The lowest BCUT2D eigenvalue weighted by atomic mass is 9.81. The second-order valence-electron chi connectivity index (χ2n) is 10.1. The number of carbonyl (C=O) groups is 1. The molecule has 3 N–H and O–H groups in total. The highest BCUT2D eigenvalue weighted by molar-refractivity contribution is 9.10. The van der Waals surface area contributed by atoms with Gasteiger partial charge >= 0.3 is 0 Å². The van der Waals surface area contributed by atoms with E-state index in [9.17, 15) is 4.79 Å². The number of aliphatic hydroxyl groups is 1. The average molecular weight is 620 g/mol. The number of nitrogens with zero attached hydrogens (tertiary/aromatic N) is 4. The van der Waals surface area contributed by atoms with E-state index in [4.69, 9.17) is 25.1 Å². The number of carbonyl (C=O) groups excluding carboxylic acids is 1. The van der Waals surface area contributed by atoms with Crippen molar-refractivity contribution in [2.45, 2.75) is 49.9 Å². The number of hydrazine groups is 1. The molecular weight excluding hydrogens is 588 g/mol. The Kier molecular flexibility index (Phi) is 9.21. The normalized spacial score (nSPS) is 19.6. The van der Waals surface area contributed by atoms with Crippen LogP contribution in [0, 0.1) is 0 Å². The van der Waals surface area contributed by atoms with Crippen molar-refractivity contribution in [3.05, 3.63) is 110 Å². The topological polar surface area (TPSA) is 141 Å². The minimum atomic E-state index is -1.37. The second kappa shape index (κ2) is 13.2. The summed E-state index contributed by atoms with van der Waals surface area (Å²) in [4.78, 5) is 22.1. The molecular formula is C30H31BrN6O4. The van der Waals surface area contributed by atoms with Gasteiger partial charge in [-0.1, -0.05) is 57.4 Å². The molecule has 5 rings (SSSR count). The Balaban J connectivity index is 1.58. The van der Waals surface area contributed by atoms with Crippen LogP contribution in [0.2, 0.25) is 0 Å². The lowest BCUT2D eigenvalue weighted by molar-refractivity contribution is -0.130. The summed E-state index contributed by atoms with van der Waals surface area (Å²) in [7, 11) is 0. The van der Waals surface area contributed by atoms with Gasteiger partial charge < -0.3 is 14.6 Å². The smallest absolute Gasteiger partial charge is 0.266 e. The van der Waals surface area contributed by atoms with E-state index in [2.05, 4.69) is 36.8 Å². The highest BCUT2D eigenvalue weighted by atomic mass is 79.9. The molecule has 0 spiro atoms. The zero-order valence-electron chi connectivity index (χ0n) is 22.4. The molecule has 0 bridgehead atoms. The maximum Gasteiger partial charge on any atom is 0.266 e. The van der Waals surface area contributed by atoms with Crippen LogP contribution in [0.15, 0.2) is 87.4 Å². The van der Waals surface area contributed by atoms with E-state index < -0.39 is 11.6 Å². The molecule has 1 fully saturated rings. The minimum Gasteiger partial charge on any atom is -0.494 e. The number of ether oxygens (including phenoxy) is 2. The summed E-state index contributed by atoms with van der Waals surface area (Å²) >= 11 is 3.49. The molecule has 3 aromatic carbocycles. The number of hydrogen-bond acceptors (Lipinski definition) is 7. The first kappa shape index (κ1) is 28.6. The Morgan fingerprint density at radius 2 is 1.90 bits per heavy atom. The summed E-state index contributed by atoms with van der Waals surface area (Å²) in [5.74, 6) is 0.675. The first-order valence-corrected chi connectivity index (χ1v) is 14.3. The van der Waals surface area contributed by atoms with Crippen LogP contribution in [0.3, 0.4) is 0 Å². The molecule has 212 valence electrons. The first-order valence-electron chi connectivity index (χ1n) is 13.5. The molecule has 10 nitrogen and oxygen atoms in total. The maximum atomic E-state index is 14.2. The predicted octanol–water partition coefficient (Wildman–Crippen LogP) is 5.30. The van der Waals surface area contributed by atoms with Crippen molar-refractivity contribution in [3.8, 4) is 5.75 Å². The number of rotatable bonds is 13. The Bertz CT molecular complexity index is 1440. The molecule has 1 amide bonds. The Morgan fingerprint density at radius 1 is 1.15 bits per heavy atom. The van der Waals surface area contributed by atoms with E-state index in [1.165, 1.54) is 0 Å². The van der Waals surface area contributed by atoms with Crippen molar-refractivity contribution in [2.24, 2.45) is 10.1 Å². The summed E-state index contributed by atoms with van der Waals surface area (Å²) in [6.07, 6.45) is 2.00. The molecule has 11 heteroatoms. The van der Waals surface area contributed by atoms with Crippen molar-refractivity contribution < 1.29 is 19.4 Å². The number of hydrogen-bond donors (Lipinski definition) is 3. The molecule has 0 unspecified atom stereocenters. The van der Waals surface area contributed by atoms with Crippen LogP contribution in [0.25, 0.3) is 10.4 Å². The lowest BCUT2D eigenvalue weighted by Crippen LogP contribution is -2.54. The second-order valence-corrected chi connectivity index (χ2v) is 11.0. The highest BCUT2D eigenvalue weighted by Gasteiger charge is 2.54. The molecule has 1 aliphatic heterocycles. The number of benzene rings is 3. The van der Waals surface area contributed by atoms with Crippen molar-refractivity contribution >= 4 is 27.7 Å². The van der Waals surface area contributed by atoms with Crippen LogP contribution in [0.5, 0.6) is 5.75 Å². The SMILES string of the molecule is [N-]=[N+]=NCc1ccccc1[C@@H]1OC(c2ccc(OCCCO)cc2)=N[C@]1(Cc1ccc(Br)cc1)C(=O)NNC1CC1. The summed E-state index contributed by atoms with van der Waals surface area (Å²) in [5, 5.41) is 12.8. The van der Waals surface area contributed by atoms with Crippen molar-refractivity contribution in [1.29, 1.82) is 0 Å². The Labute approximate surface area is 246 Å². The monoisotopic (exact) mass is 618 g/mol. The number of nitrogens with one attached hydrogen (secondary N) is 2. The van der Waals surface area contributed by atoms with Crippen molar-refractivity contribution in [1.82, 2.24) is 10.9 Å². The van der Waals surface area contributed by atoms with E-state index in [1.54, 1.807) is 0 Å². The van der Waals surface area contributed by atoms with Crippen LogP contribution < -0.4 is 15.6 Å². The van der Waals surface area contributed by atoms with Crippen LogP contribution in [0.4, 0.5) is 0 Å². The molecule has 1 saturated carbocycles. The molecule has 0 saturated heterocycles. The van der Waals surface area contributed by atoms with E-state index in [-0.39, 0.29) is 31.5 Å². The van der Waals surface area contributed by atoms with Crippen molar-refractivity contribution in [3.63, 3.8) is 0 Å². The van der Waals surface area contributed by atoms with Gasteiger partial charge in [0.15, 0.2) is 11.6 Å². The third kappa shape index (κ3) is 6.89. The number of amides is 1. The average Bonchev–Trinajstić information content (AvgIpc) is 3.75. The van der Waals surface area contributed by atoms with Gasteiger partial charge in [-0.25, -0.2) is 10.4 Å². The van der Waals surface area contributed by atoms with Crippen molar-refractivity contribution in [2.75, 3.05) is 13.2 Å². The maximum absolute atomic E-state index is 14.2. The zero-order chi connectivity index (χ0) is 28.7. The van der Waals surface area contributed by atoms with Crippen LogP contribution >= 0.6 is 15.9 Å². The molecule has 41 heavy (non-hydrogen) atoms. The third-order valence-electron chi connectivity index (χ3n) is 7.03.